The first-order valence-electron chi connectivity index (χ1n) is 7.56. The van der Waals surface area contributed by atoms with Crippen molar-refractivity contribution in [2.75, 3.05) is 11.9 Å². The van der Waals surface area contributed by atoms with Crippen LogP contribution in [0.2, 0.25) is 0 Å². The molecule has 0 heterocycles. The number of hydrogen-bond donors (Lipinski definition) is 2. The summed E-state index contributed by atoms with van der Waals surface area (Å²) >= 11 is 0. The zero-order valence-corrected chi connectivity index (χ0v) is 16.5. The fourth-order valence-electron chi connectivity index (χ4n) is 1.94. The summed E-state index contributed by atoms with van der Waals surface area (Å²) in [5.41, 5.74) is 6.18. The summed E-state index contributed by atoms with van der Waals surface area (Å²) in [6, 6.07) is 10.6. The van der Waals surface area contributed by atoms with Crippen molar-refractivity contribution in [2.45, 2.75) is 19.4 Å². The average Bonchev–Trinajstić information content (AvgIpc) is 2.56. The highest BCUT2D eigenvalue weighted by atomic mass is 127. The molecule has 0 spiro atoms. The maximum absolute atomic E-state index is 12.8. The van der Waals surface area contributed by atoms with Crippen molar-refractivity contribution in [3.8, 4) is 11.5 Å². The predicted octanol–water partition coefficient (Wildman–Crippen LogP) is 4.54. The van der Waals surface area contributed by atoms with Gasteiger partial charge < -0.3 is 20.5 Å². The average molecular weight is 499 g/mol. The molecule has 1 atom stereocenters. The summed E-state index contributed by atoms with van der Waals surface area (Å²) in [7, 11) is 0. The smallest absolute Gasteiger partial charge is 0.489 e. The fraction of sp³-hybridized carbons (Fsp3) is 0.235. The molecule has 0 aliphatic heterocycles. The van der Waals surface area contributed by atoms with Crippen molar-refractivity contribution in [2.24, 2.45) is 10.7 Å². The number of benzene rings is 2. The molecule has 0 amide bonds. The summed E-state index contributed by atoms with van der Waals surface area (Å²) in [5.74, 6) is -0.118. The molecule has 0 radical (unpaired) electrons. The number of rotatable bonds is 6. The predicted molar refractivity (Wildman–Crippen MR) is 105 cm³/mol. The van der Waals surface area contributed by atoms with Crippen molar-refractivity contribution < 1.29 is 27.0 Å². The number of aliphatic imine (C=N–C) groups is 1. The molecule has 2 aromatic carbocycles. The minimum absolute atomic E-state index is 0. The standard InChI is InChI=1S/C17H17F4N3O2.HI/c1-11(25-14-6-2-12(18)3-7-14)10-23-16(22)24-13-4-8-15(9-5-13)26-17(19,20)21;/h2-9,11H,10H2,1H3,(H3,22,23,24);1H. The molecule has 0 bridgehead atoms. The maximum atomic E-state index is 12.8. The van der Waals surface area contributed by atoms with E-state index in [1.54, 1.807) is 6.92 Å². The van der Waals surface area contributed by atoms with Gasteiger partial charge in [-0.15, -0.1) is 37.1 Å². The van der Waals surface area contributed by atoms with Crippen LogP contribution in [-0.4, -0.2) is 25.0 Å². The van der Waals surface area contributed by atoms with Gasteiger partial charge in [-0.3, -0.25) is 0 Å². The molecule has 0 saturated heterocycles. The van der Waals surface area contributed by atoms with E-state index in [9.17, 15) is 17.6 Å². The SMILES string of the molecule is CC(CN=C(N)Nc1ccc(OC(F)(F)F)cc1)Oc1ccc(F)cc1.I. The Balaban J connectivity index is 0.00000364. The van der Waals surface area contributed by atoms with Crippen LogP contribution < -0.4 is 20.5 Å². The second-order valence-electron chi connectivity index (χ2n) is 5.31. The third-order valence-corrected chi connectivity index (χ3v) is 3.03. The Morgan fingerprint density at radius 2 is 1.63 bits per heavy atom. The second kappa shape index (κ2) is 10.2. The monoisotopic (exact) mass is 499 g/mol. The molecule has 5 nitrogen and oxygen atoms in total. The lowest BCUT2D eigenvalue weighted by molar-refractivity contribution is -0.274. The largest absolute Gasteiger partial charge is 0.573 e. The molecule has 0 fully saturated rings. The van der Waals surface area contributed by atoms with Gasteiger partial charge in [-0.05, 0) is 55.5 Å². The van der Waals surface area contributed by atoms with Crippen molar-refractivity contribution in [1.82, 2.24) is 0 Å². The van der Waals surface area contributed by atoms with Crippen LogP contribution in [0, 0.1) is 5.82 Å². The number of hydrogen-bond acceptors (Lipinski definition) is 3. The number of alkyl halides is 3. The molecule has 27 heavy (non-hydrogen) atoms. The summed E-state index contributed by atoms with van der Waals surface area (Å²) in [6.07, 6.45) is -5.06. The number of halogens is 5. The van der Waals surface area contributed by atoms with Gasteiger partial charge in [0.1, 0.15) is 23.4 Å². The zero-order valence-electron chi connectivity index (χ0n) is 14.2. The Bertz CT molecular complexity index is 737. The summed E-state index contributed by atoms with van der Waals surface area (Å²) in [4.78, 5) is 4.09. The Hall–Kier alpha value is -2.24. The number of anilines is 1. The van der Waals surface area contributed by atoms with Crippen molar-refractivity contribution >= 4 is 35.6 Å². The minimum atomic E-state index is -4.74. The van der Waals surface area contributed by atoms with Gasteiger partial charge in [-0.2, -0.15) is 0 Å². The summed E-state index contributed by atoms with van der Waals surface area (Å²) < 4.78 is 58.4. The van der Waals surface area contributed by atoms with E-state index in [2.05, 4.69) is 15.0 Å². The Morgan fingerprint density at radius 1 is 1.07 bits per heavy atom. The van der Waals surface area contributed by atoms with Crippen LogP contribution >= 0.6 is 24.0 Å². The number of ether oxygens (including phenoxy) is 2. The molecular formula is C17H18F4IN3O2. The molecule has 148 valence electrons. The van der Waals surface area contributed by atoms with Crippen LogP contribution in [0.3, 0.4) is 0 Å². The van der Waals surface area contributed by atoms with Crippen molar-refractivity contribution in [3.63, 3.8) is 0 Å². The molecule has 2 rings (SSSR count). The highest BCUT2D eigenvalue weighted by Gasteiger charge is 2.30. The lowest BCUT2D eigenvalue weighted by atomic mass is 10.3. The van der Waals surface area contributed by atoms with Gasteiger partial charge in [0.05, 0.1) is 6.54 Å². The van der Waals surface area contributed by atoms with Crippen LogP contribution in [-0.2, 0) is 0 Å². The first-order valence-corrected chi connectivity index (χ1v) is 7.56. The van der Waals surface area contributed by atoms with Crippen molar-refractivity contribution in [3.05, 3.63) is 54.3 Å². The lowest BCUT2D eigenvalue weighted by Gasteiger charge is -2.13. The lowest BCUT2D eigenvalue weighted by Crippen LogP contribution is -2.25. The molecule has 0 aliphatic carbocycles. The number of guanidine groups is 1. The van der Waals surface area contributed by atoms with Crippen LogP contribution in [0.1, 0.15) is 6.92 Å². The highest BCUT2D eigenvalue weighted by Crippen LogP contribution is 2.23. The van der Waals surface area contributed by atoms with Crippen LogP contribution in [0.5, 0.6) is 11.5 Å². The van der Waals surface area contributed by atoms with Gasteiger partial charge >= 0.3 is 6.36 Å². The quantitative estimate of drug-likeness (QED) is 0.265. The van der Waals surface area contributed by atoms with Crippen LogP contribution in [0.4, 0.5) is 23.2 Å². The van der Waals surface area contributed by atoms with Crippen molar-refractivity contribution in [1.29, 1.82) is 0 Å². The van der Waals surface area contributed by atoms with Gasteiger partial charge in [0, 0.05) is 5.69 Å². The summed E-state index contributed by atoms with van der Waals surface area (Å²) in [6.45, 7) is 1.99. The van der Waals surface area contributed by atoms with Gasteiger partial charge in [0.15, 0.2) is 5.96 Å². The van der Waals surface area contributed by atoms with Gasteiger partial charge in [0.25, 0.3) is 0 Å². The number of nitrogens with two attached hydrogens (primary N) is 1. The summed E-state index contributed by atoms with van der Waals surface area (Å²) in [5, 5.41) is 2.74. The zero-order chi connectivity index (χ0) is 19.2. The Morgan fingerprint density at radius 3 is 2.19 bits per heavy atom. The highest BCUT2D eigenvalue weighted by molar-refractivity contribution is 14.0. The van der Waals surface area contributed by atoms with E-state index in [1.807, 2.05) is 0 Å². The van der Waals surface area contributed by atoms with E-state index in [0.717, 1.165) is 12.1 Å². The topological polar surface area (TPSA) is 68.9 Å². The Kier molecular flexibility index (Phi) is 8.60. The molecule has 0 aliphatic rings. The van der Waals surface area contributed by atoms with Crippen LogP contribution in [0.15, 0.2) is 53.5 Å². The third-order valence-electron chi connectivity index (χ3n) is 3.03. The van der Waals surface area contributed by atoms with Gasteiger partial charge in [-0.1, -0.05) is 0 Å². The molecule has 1 unspecified atom stereocenters. The first kappa shape index (κ1) is 22.8. The molecule has 0 aromatic heterocycles. The molecule has 2 aromatic rings. The van der Waals surface area contributed by atoms with E-state index in [0.29, 0.717) is 11.4 Å². The maximum Gasteiger partial charge on any atom is 0.573 e. The molecule has 10 heteroatoms. The molecular weight excluding hydrogens is 481 g/mol. The molecule has 0 saturated carbocycles. The number of nitrogens with one attached hydrogen (secondary N) is 1. The van der Waals surface area contributed by atoms with E-state index in [-0.39, 0.29) is 54.2 Å². The van der Waals surface area contributed by atoms with E-state index in [4.69, 9.17) is 10.5 Å². The molecule has 3 N–H and O–H groups in total. The first-order chi connectivity index (χ1) is 12.2. The normalized spacial score (nSPS) is 12.7. The fourth-order valence-corrected chi connectivity index (χ4v) is 1.94. The van der Waals surface area contributed by atoms with Crippen LogP contribution in [0.25, 0.3) is 0 Å². The van der Waals surface area contributed by atoms with Gasteiger partial charge in [0.2, 0.25) is 0 Å². The van der Waals surface area contributed by atoms with E-state index >= 15 is 0 Å². The number of nitrogens with zero attached hydrogens (tertiary/aromatic N) is 1. The third kappa shape index (κ3) is 8.80. The van der Waals surface area contributed by atoms with E-state index < -0.39 is 6.36 Å². The Labute approximate surface area is 170 Å². The van der Waals surface area contributed by atoms with E-state index in [1.165, 1.54) is 36.4 Å². The minimum Gasteiger partial charge on any atom is -0.489 e. The second-order valence-corrected chi connectivity index (χ2v) is 5.31. The van der Waals surface area contributed by atoms with Gasteiger partial charge in [-0.25, -0.2) is 9.38 Å².